The Hall–Kier alpha value is -2.68. The van der Waals surface area contributed by atoms with Crippen LogP contribution in [0.1, 0.15) is 42.1 Å². The van der Waals surface area contributed by atoms with Crippen LogP contribution in [-0.2, 0) is 15.3 Å². The third-order valence-electron chi connectivity index (χ3n) is 6.78. The van der Waals surface area contributed by atoms with Gasteiger partial charge in [-0.1, -0.05) is 0 Å². The molecule has 4 N–H and O–H groups in total. The lowest BCUT2D eigenvalue weighted by molar-refractivity contribution is -0.0299. The Kier molecular flexibility index (Phi) is 3.60. The zero-order valence-electron chi connectivity index (χ0n) is 15.7. The number of pyridine rings is 1. The molecule has 9 heteroatoms. The van der Waals surface area contributed by atoms with Gasteiger partial charge < -0.3 is 16.0 Å². The smallest absolute Gasteiger partial charge is 0.263 e. The fourth-order valence-electron chi connectivity index (χ4n) is 4.85. The van der Waals surface area contributed by atoms with Gasteiger partial charge in [-0.3, -0.25) is 9.59 Å². The number of sulfone groups is 1. The van der Waals surface area contributed by atoms with E-state index < -0.39 is 32.6 Å². The van der Waals surface area contributed by atoms with Crippen molar-refractivity contribution in [2.75, 3.05) is 5.73 Å². The second kappa shape index (κ2) is 5.69. The van der Waals surface area contributed by atoms with Gasteiger partial charge >= 0.3 is 0 Å². The number of aromatic amines is 1. The minimum atomic E-state index is -3.44. The molecule has 7 nitrogen and oxygen atoms in total. The number of benzene rings is 1. The summed E-state index contributed by atoms with van der Waals surface area (Å²) in [4.78, 5) is 27.9. The molecule has 152 valence electrons. The molecule has 0 saturated heterocycles. The van der Waals surface area contributed by atoms with Gasteiger partial charge in [0.15, 0.2) is 9.84 Å². The fourth-order valence-corrected chi connectivity index (χ4v) is 6.05. The van der Waals surface area contributed by atoms with E-state index in [1.807, 2.05) is 0 Å². The Morgan fingerprint density at radius 1 is 1.31 bits per heavy atom. The molecule has 1 aromatic carbocycles. The van der Waals surface area contributed by atoms with E-state index in [9.17, 15) is 22.4 Å². The summed E-state index contributed by atoms with van der Waals surface area (Å²) in [7, 11) is -3.44. The number of carbonyl (C=O) groups excluding carboxylic acids is 1. The average Bonchev–Trinajstić information content (AvgIpc) is 2.81. The highest BCUT2D eigenvalue weighted by molar-refractivity contribution is 7.95. The largest absolute Gasteiger partial charge is 0.397 e. The van der Waals surface area contributed by atoms with Crippen molar-refractivity contribution >= 4 is 32.3 Å². The highest BCUT2D eigenvalue weighted by Gasteiger charge is 2.58. The van der Waals surface area contributed by atoms with Gasteiger partial charge in [-0.2, -0.15) is 0 Å². The molecule has 0 spiro atoms. The van der Waals surface area contributed by atoms with E-state index in [4.69, 9.17) is 5.73 Å². The number of nitrogen functional groups attached to an aromatic ring is 1. The summed E-state index contributed by atoms with van der Waals surface area (Å²) in [5.74, 6) is -0.511. The summed E-state index contributed by atoms with van der Waals surface area (Å²) >= 11 is 0. The number of hydrogen-bond acceptors (Lipinski definition) is 5. The van der Waals surface area contributed by atoms with Crippen molar-refractivity contribution in [3.05, 3.63) is 50.9 Å². The summed E-state index contributed by atoms with van der Waals surface area (Å²) in [6.07, 6.45) is 4.25. The number of nitrogens with two attached hydrogens (primary N) is 1. The molecule has 29 heavy (non-hydrogen) atoms. The van der Waals surface area contributed by atoms with Gasteiger partial charge in [-0.25, -0.2) is 12.8 Å². The Balaban J connectivity index is 1.53. The van der Waals surface area contributed by atoms with Crippen LogP contribution in [0.2, 0.25) is 0 Å². The number of aromatic nitrogens is 1. The fraction of sp³-hybridized carbons (Fsp3) is 0.400. The maximum absolute atomic E-state index is 14.8. The molecule has 1 aromatic heterocycles. The number of fused-ring (bicyclic) bond motifs is 1. The standard InChI is InChI=1S/C20H20FN3O4S/c1-9-14(2-3-29(9,27)28)23-18(25)16-17(22)11-4-13(21)12(5-15(11)24-19(16)26)20-6-10(7-20)8-20/h2-5,9-10,14H,6-8H2,1H3,(H,23,25)(H3,22,24,26)/t9-,10?,14+,20?/m0/s1. The van der Waals surface area contributed by atoms with Crippen LogP contribution in [0, 0.1) is 11.7 Å². The molecule has 3 fully saturated rings. The van der Waals surface area contributed by atoms with E-state index in [1.165, 1.54) is 19.1 Å². The summed E-state index contributed by atoms with van der Waals surface area (Å²) in [5, 5.41) is 2.97. The minimum absolute atomic E-state index is 0.123. The molecule has 6 rings (SSSR count). The summed E-state index contributed by atoms with van der Waals surface area (Å²) in [6, 6.07) is 2.13. The first-order chi connectivity index (χ1) is 13.6. The zero-order valence-corrected chi connectivity index (χ0v) is 16.5. The van der Waals surface area contributed by atoms with E-state index >= 15 is 0 Å². The van der Waals surface area contributed by atoms with Crippen molar-refractivity contribution in [3.8, 4) is 0 Å². The van der Waals surface area contributed by atoms with Gasteiger partial charge in [0.1, 0.15) is 11.4 Å². The molecule has 2 atom stereocenters. The minimum Gasteiger partial charge on any atom is -0.397 e. The highest BCUT2D eigenvalue weighted by atomic mass is 32.2. The molecule has 1 aliphatic heterocycles. The van der Waals surface area contributed by atoms with E-state index in [0.29, 0.717) is 17.0 Å². The number of H-pyrrole nitrogens is 1. The molecule has 4 aliphatic rings. The Morgan fingerprint density at radius 2 is 2.00 bits per heavy atom. The number of nitrogens with one attached hydrogen (secondary N) is 2. The van der Waals surface area contributed by atoms with Crippen molar-refractivity contribution in [3.63, 3.8) is 0 Å². The maximum atomic E-state index is 14.8. The quantitative estimate of drug-likeness (QED) is 0.702. The van der Waals surface area contributed by atoms with Crippen LogP contribution < -0.4 is 16.6 Å². The molecule has 1 amide bonds. The van der Waals surface area contributed by atoms with Crippen molar-refractivity contribution in [1.82, 2.24) is 10.3 Å². The number of hydrogen-bond donors (Lipinski definition) is 3. The summed E-state index contributed by atoms with van der Waals surface area (Å²) in [6.45, 7) is 1.47. The van der Waals surface area contributed by atoms with Crippen molar-refractivity contribution in [2.24, 2.45) is 5.92 Å². The van der Waals surface area contributed by atoms with Gasteiger partial charge in [0.2, 0.25) is 0 Å². The Bertz CT molecular complexity index is 1260. The van der Waals surface area contributed by atoms with Gasteiger partial charge in [0.05, 0.1) is 22.5 Å². The molecule has 3 saturated carbocycles. The first kappa shape index (κ1) is 18.4. The van der Waals surface area contributed by atoms with Crippen LogP contribution in [0.3, 0.4) is 0 Å². The summed E-state index contributed by atoms with van der Waals surface area (Å²) < 4.78 is 38.4. The normalized spacial score (nSPS) is 31.3. The lowest BCUT2D eigenvalue weighted by Gasteiger charge is -2.62. The molecule has 2 bridgehead atoms. The lowest BCUT2D eigenvalue weighted by atomic mass is 9.42. The molecule has 0 unspecified atom stereocenters. The third kappa shape index (κ3) is 2.49. The van der Waals surface area contributed by atoms with Crippen LogP contribution in [0.25, 0.3) is 10.9 Å². The van der Waals surface area contributed by atoms with E-state index in [1.54, 1.807) is 6.07 Å². The van der Waals surface area contributed by atoms with Gasteiger partial charge in [-0.15, -0.1) is 0 Å². The van der Waals surface area contributed by atoms with E-state index in [-0.39, 0.29) is 27.9 Å². The second-order valence-electron chi connectivity index (χ2n) is 8.50. The van der Waals surface area contributed by atoms with Crippen molar-refractivity contribution in [1.29, 1.82) is 0 Å². The van der Waals surface area contributed by atoms with Crippen LogP contribution in [0.5, 0.6) is 0 Å². The van der Waals surface area contributed by atoms with Crippen LogP contribution in [0.4, 0.5) is 10.1 Å². The SMILES string of the molecule is C[C@H]1[C@H](NC(=O)c2c(N)c3cc(F)c(C45CC(C4)C5)cc3[nH]c2=O)C=CS1(=O)=O. The van der Waals surface area contributed by atoms with Crippen LogP contribution in [-0.4, -0.2) is 30.6 Å². The third-order valence-corrected chi connectivity index (χ3v) is 8.64. The number of carbonyl (C=O) groups is 1. The monoisotopic (exact) mass is 417 g/mol. The van der Waals surface area contributed by atoms with Gasteiger partial charge in [-0.05, 0) is 61.3 Å². The number of rotatable bonds is 3. The Morgan fingerprint density at radius 3 is 2.55 bits per heavy atom. The average molecular weight is 417 g/mol. The van der Waals surface area contributed by atoms with Crippen LogP contribution in [0.15, 0.2) is 28.4 Å². The van der Waals surface area contributed by atoms with Crippen molar-refractivity contribution in [2.45, 2.75) is 42.9 Å². The second-order valence-corrected chi connectivity index (χ2v) is 10.7. The summed E-state index contributed by atoms with van der Waals surface area (Å²) in [5.41, 5.74) is 5.78. The first-order valence-corrected chi connectivity index (χ1v) is 11.1. The number of halogens is 1. The molecular weight excluding hydrogens is 397 g/mol. The van der Waals surface area contributed by atoms with E-state index in [2.05, 4.69) is 10.3 Å². The predicted molar refractivity (Wildman–Crippen MR) is 107 cm³/mol. The number of amides is 1. The topological polar surface area (TPSA) is 122 Å². The predicted octanol–water partition coefficient (Wildman–Crippen LogP) is 1.73. The highest BCUT2D eigenvalue weighted by Crippen LogP contribution is 2.65. The molecular formula is C20H20FN3O4S. The lowest BCUT2D eigenvalue weighted by Crippen LogP contribution is -2.55. The maximum Gasteiger partial charge on any atom is 0.263 e. The molecule has 2 heterocycles. The number of anilines is 1. The zero-order chi connectivity index (χ0) is 20.7. The van der Waals surface area contributed by atoms with Gasteiger partial charge in [0.25, 0.3) is 11.5 Å². The van der Waals surface area contributed by atoms with E-state index in [0.717, 1.165) is 24.7 Å². The molecule has 0 radical (unpaired) electrons. The Labute approximate surface area is 166 Å². The molecule has 3 aliphatic carbocycles. The van der Waals surface area contributed by atoms with Crippen molar-refractivity contribution < 1.29 is 17.6 Å². The first-order valence-electron chi connectivity index (χ1n) is 9.50. The molecule has 2 aromatic rings. The van der Waals surface area contributed by atoms with Crippen LogP contribution >= 0.6 is 0 Å². The van der Waals surface area contributed by atoms with Gasteiger partial charge in [0, 0.05) is 10.8 Å².